The molecule has 2 aromatic rings. The largest absolute Gasteiger partial charge is 0.497 e. The van der Waals surface area contributed by atoms with E-state index in [0.717, 1.165) is 79.4 Å². The van der Waals surface area contributed by atoms with Gasteiger partial charge in [-0.25, -0.2) is 0 Å². The van der Waals surface area contributed by atoms with Crippen LogP contribution in [-0.2, 0) is 9.59 Å². The third kappa shape index (κ3) is 5.99. The number of likely N-dealkylation sites (tertiary alicyclic amines) is 1. The Balaban J connectivity index is 1.29. The number of methoxy groups -OCH3 is 2. The molecule has 36 heavy (non-hydrogen) atoms. The van der Waals surface area contributed by atoms with Crippen molar-refractivity contribution in [1.82, 2.24) is 14.7 Å². The van der Waals surface area contributed by atoms with Gasteiger partial charge in [0.05, 0.1) is 33.4 Å². The monoisotopic (exact) mass is 494 g/mol. The van der Waals surface area contributed by atoms with Crippen molar-refractivity contribution >= 4 is 17.5 Å². The fourth-order valence-corrected chi connectivity index (χ4v) is 5.27. The molecule has 0 saturated carbocycles. The summed E-state index contributed by atoms with van der Waals surface area (Å²) in [5.41, 5.74) is 4.04. The van der Waals surface area contributed by atoms with Gasteiger partial charge >= 0.3 is 0 Å². The van der Waals surface area contributed by atoms with Crippen LogP contribution in [0.4, 0.5) is 5.69 Å². The number of nitrogens with zero attached hydrogens (tertiary/aromatic N) is 3. The number of anilines is 1. The molecule has 1 atom stereocenters. The lowest BCUT2D eigenvalue weighted by atomic mass is 10.0. The lowest BCUT2D eigenvalue weighted by Crippen LogP contribution is -2.51. The van der Waals surface area contributed by atoms with Gasteiger partial charge in [0.2, 0.25) is 11.8 Å². The number of aryl methyl sites for hydroxylation is 2. The molecular weight excluding hydrogens is 456 g/mol. The van der Waals surface area contributed by atoms with Crippen LogP contribution < -0.4 is 14.8 Å². The van der Waals surface area contributed by atoms with Crippen LogP contribution in [0, 0.1) is 13.8 Å². The van der Waals surface area contributed by atoms with Gasteiger partial charge in [-0.3, -0.25) is 19.4 Å². The average Bonchev–Trinajstić information content (AvgIpc) is 3.37. The van der Waals surface area contributed by atoms with Gasteiger partial charge in [-0.05, 0) is 56.0 Å². The lowest BCUT2D eigenvalue weighted by molar-refractivity contribution is -0.134. The Hall–Kier alpha value is -3.10. The van der Waals surface area contributed by atoms with E-state index < -0.39 is 0 Å². The predicted molar refractivity (Wildman–Crippen MR) is 141 cm³/mol. The Labute approximate surface area is 214 Å². The molecule has 2 aromatic carbocycles. The smallest absolute Gasteiger partial charge is 0.238 e. The molecule has 4 rings (SSSR count). The normalized spacial score (nSPS) is 18.8. The molecule has 1 N–H and O–H groups in total. The van der Waals surface area contributed by atoms with Gasteiger partial charge in [0.1, 0.15) is 11.5 Å². The van der Waals surface area contributed by atoms with Crippen molar-refractivity contribution in [3.05, 3.63) is 53.1 Å². The lowest BCUT2D eigenvalue weighted by Gasteiger charge is -2.35. The molecule has 2 saturated heterocycles. The summed E-state index contributed by atoms with van der Waals surface area (Å²) in [7, 11) is 3.31. The quantitative estimate of drug-likeness (QED) is 0.607. The average molecular weight is 495 g/mol. The van der Waals surface area contributed by atoms with Crippen molar-refractivity contribution in [2.24, 2.45) is 0 Å². The molecule has 0 spiro atoms. The van der Waals surface area contributed by atoms with E-state index in [1.54, 1.807) is 14.2 Å². The number of carbonyl (C=O) groups excluding carboxylic acids is 2. The first kappa shape index (κ1) is 26.0. The number of para-hydroxylation sites is 1. The fraction of sp³-hybridized carbons (Fsp3) is 0.500. The number of rotatable bonds is 8. The van der Waals surface area contributed by atoms with Gasteiger partial charge in [-0.1, -0.05) is 18.2 Å². The zero-order chi connectivity index (χ0) is 25.7. The summed E-state index contributed by atoms with van der Waals surface area (Å²) in [5.74, 6) is 1.70. The third-order valence-electron chi connectivity index (χ3n) is 7.31. The van der Waals surface area contributed by atoms with Crippen molar-refractivity contribution in [2.45, 2.75) is 32.7 Å². The van der Waals surface area contributed by atoms with Crippen LogP contribution in [0.3, 0.4) is 0 Å². The maximum atomic E-state index is 13.3. The van der Waals surface area contributed by atoms with Crippen molar-refractivity contribution in [3.8, 4) is 11.5 Å². The van der Waals surface area contributed by atoms with Crippen LogP contribution >= 0.6 is 0 Å². The minimum Gasteiger partial charge on any atom is -0.497 e. The highest BCUT2D eigenvalue weighted by molar-refractivity contribution is 5.93. The van der Waals surface area contributed by atoms with Crippen molar-refractivity contribution < 1.29 is 19.1 Å². The zero-order valence-electron chi connectivity index (χ0n) is 21.9. The van der Waals surface area contributed by atoms with Gasteiger partial charge < -0.3 is 19.7 Å². The number of nitrogens with one attached hydrogen (secondary N) is 1. The number of benzene rings is 2. The molecule has 0 unspecified atom stereocenters. The van der Waals surface area contributed by atoms with E-state index in [4.69, 9.17) is 9.47 Å². The molecule has 0 radical (unpaired) electrons. The van der Waals surface area contributed by atoms with Crippen LogP contribution in [0.1, 0.15) is 35.6 Å². The molecule has 2 heterocycles. The summed E-state index contributed by atoms with van der Waals surface area (Å²) in [6.45, 7) is 8.59. The first-order valence-electron chi connectivity index (χ1n) is 12.7. The van der Waals surface area contributed by atoms with E-state index in [2.05, 4.69) is 15.1 Å². The Morgan fingerprint density at radius 2 is 1.58 bits per heavy atom. The highest BCUT2D eigenvalue weighted by Gasteiger charge is 2.33. The molecule has 194 valence electrons. The Kier molecular flexibility index (Phi) is 8.48. The van der Waals surface area contributed by atoms with Gasteiger partial charge in [-0.2, -0.15) is 0 Å². The van der Waals surface area contributed by atoms with Gasteiger partial charge in [-0.15, -0.1) is 0 Å². The molecule has 0 aromatic heterocycles. The Morgan fingerprint density at radius 3 is 2.22 bits per heavy atom. The maximum absolute atomic E-state index is 13.3. The van der Waals surface area contributed by atoms with Crippen molar-refractivity contribution in [2.75, 3.05) is 65.3 Å². The summed E-state index contributed by atoms with van der Waals surface area (Å²) in [6, 6.07) is 11.8. The Morgan fingerprint density at radius 1 is 0.917 bits per heavy atom. The van der Waals surface area contributed by atoms with Crippen molar-refractivity contribution in [3.63, 3.8) is 0 Å². The summed E-state index contributed by atoms with van der Waals surface area (Å²) in [6.07, 6.45) is 1.89. The number of hydrogen-bond acceptors (Lipinski definition) is 6. The number of piperazine rings is 1. The van der Waals surface area contributed by atoms with Crippen molar-refractivity contribution in [1.29, 1.82) is 0 Å². The molecule has 2 aliphatic heterocycles. The zero-order valence-corrected chi connectivity index (χ0v) is 21.9. The number of carbonyl (C=O) groups is 2. The maximum Gasteiger partial charge on any atom is 0.238 e. The summed E-state index contributed by atoms with van der Waals surface area (Å²) >= 11 is 0. The molecule has 0 aliphatic carbocycles. The predicted octanol–water partition coefficient (Wildman–Crippen LogP) is 3.24. The number of hydrogen-bond donors (Lipinski definition) is 1. The minimum atomic E-state index is -0.00238. The van der Waals surface area contributed by atoms with Crippen LogP contribution in [-0.4, -0.2) is 86.5 Å². The molecule has 2 aliphatic rings. The second-order valence-electron chi connectivity index (χ2n) is 9.72. The van der Waals surface area contributed by atoms with Gasteiger partial charge in [0.15, 0.2) is 0 Å². The van der Waals surface area contributed by atoms with E-state index >= 15 is 0 Å². The fourth-order valence-electron chi connectivity index (χ4n) is 5.27. The topological polar surface area (TPSA) is 74.4 Å². The van der Waals surface area contributed by atoms with E-state index in [1.165, 1.54) is 0 Å². The number of amides is 2. The first-order valence-corrected chi connectivity index (χ1v) is 12.7. The van der Waals surface area contributed by atoms with Crippen LogP contribution in [0.5, 0.6) is 11.5 Å². The van der Waals surface area contributed by atoms with E-state index in [1.807, 2.05) is 55.1 Å². The summed E-state index contributed by atoms with van der Waals surface area (Å²) in [4.78, 5) is 32.3. The van der Waals surface area contributed by atoms with E-state index in [-0.39, 0.29) is 17.9 Å². The number of ether oxygens (including phenoxy) is 2. The van der Waals surface area contributed by atoms with Gasteiger partial charge in [0, 0.05) is 44.0 Å². The summed E-state index contributed by atoms with van der Waals surface area (Å²) < 4.78 is 11.0. The summed E-state index contributed by atoms with van der Waals surface area (Å²) in [5, 5.41) is 3.07. The first-order chi connectivity index (χ1) is 17.4. The standard InChI is InChI=1S/C28H38N4O4/c1-20-7-5-8-21(2)28(20)29-26(33)18-30-13-15-31(16-14-30)19-27(34)32-12-6-9-24(32)23-17-22(35-3)10-11-25(23)36-4/h5,7-8,10-11,17,24H,6,9,12-16,18-19H2,1-4H3,(H,29,33)/t24-/m0/s1. The van der Waals surface area contributed by atoms with Gasteiger partial charge in [0.25, 0.3) is 0 Å². The molecular formula is C28H38N4O4. The van der Waals surface area contributed by atoms with Crippen LogP contribution in [0.2, 0.25) is 0 Å². The van der Waals surface area contributed by atoms with E-state index in [0.29, 0.717) is 13.1 Å². The SMILES string of the molecule is COc1ccc(OC)c([C@@H]2CCCN2C(=O)CN2CCN(CC(=O)Nc3c(C)cccc3C)CC2)c1. The second kappa shape index (κ2) is 11.8. The Bertz CT molecular complexity index is 1060. The minimum absolute atomic E-state index is 0.00238. The highest BCUT2D eigenvalue weighted by atomic mass is 16.5. The molecule has 2 fully saturated rings. The molecule has 2 amide bonds. The highest BCUT2D eigenvalue weighted by Crippen LogP contribution is 2.39. The molecule has 0 bridgehead atoms. The van der Waals surface area contributed by atoms with Crippen LogP contribution in [0.15, 0.2) is 36.4 Å². The molecule has 8 heteroatoms. The van der Waals surface area contributed by atoms with Crippen LogP contribution in [0.25, 0.3) is 0 Å². The van der Waals surface area contributed by atoms with E-state index in [9.17, 15) is 9.59 Å². The second-order valence-corrected chi connectivity index (χ2v) is 9.72. The molecule has 8 nitrogen and oxygen atoms in total. The third-order valence-corrected chi connectivity index (χ3v) is 7.31.